The fraction of sp³-hybridized carbons (Fsp3) is 0.444. The van der Waals surface area contributed by atoms with Crippen LogP contribution in [0.5, 0.6) is 0 Å². The topological polar surface area (TPSA) is 8.17 Å². The number of likely N-dealkylation sites (N-methyl/N-ethyl adjacent to an activating group) is 1. The van der Waals surface area contributed by atoms with Crippen LogP contribution in [0.1, 0.15) is 23.6 Å². The molecule has 2 aromatic rings. The first kappa shape index (κ1) is 14.9. The number of nitrogens with zero attached hydrogens (tertiary/aromatic N) is 2. The molecule has 1 aromatic heterocycles. The third-order valence-electron chi connectivity index (χ3n) is 3.97. The molecule has 0 aliphatic carbocycles. The van der Waals surface area contributed by atoms with Gasteiger partial charge >= 0.3 is 0 Å². The first-order valence-electron chi connectivity index (χ1n) is 7.43. The predicted octanol–water partition coefficient (Wildman–Crippen LogP) is 3.90. The van der Waals surface area contributed by atoms with Gasteiger partial charge < -0.3 is 9.47 Å². The molecular weight excluding hydrogens is 244 g/mol. The molecule has 0 saturated carbocycles. The molecule has 0 spiro atoms. The average Bonchev–Trinajstić information content (AvgIpc) is 2.72. The highest BCUT2D eigenvalue weighted by molar-refractivity contribution is 5.66. The van der Waals surface area contributed by atoms with Gasteiger partial charge in [0, 0.05) is 19.3 Å². The van der Waals surface area contributed by atoms with Crippen molar-refractivity contribution in [1.82, 2.24) is 9.47 Å². The molecule has 0 bridgehead atoms. The van der Waals surface area contributed by atoms with E-state index in [-0.39, 0.29) is 0 Å². The highest BCUT2D eigenvalue weighted by Crippen LogP contribution is 2.28. The van der Waals surface area contributed by atoms with Crippen LogP contribution >= 0.6 is 0 Å². The second-order valence-electron chi connectivity index (χ2n) is 5.83. The van der Waals surface area contributed by atoms with Gasteiger partial charge in [-0.1, -0.05) is 18.2 Å². The van der Waals surface area contributed by atoms with Crippen LogP contribution in [-0.4, -0.2) is 30.1 Å². The first-order valence-corrected chi connectivity index (χ1v) is 7.43. The SMILES string of the molecule is CCn1cc(C)c(C)c1-c1cccc(CCN(C)C)c1. The summed E-state index contributed by atoms with van der Waals surface area (Å²) in [6.07, 6.45) is 3.36. The van der Waals surface area contributed by atoms with E-state index in [1.165, 1.54) is 27.9 Å². The molecule has 0 radical (unpaired) electrons. The molecule has 0 aliphatic rings. The van der Waals surface area contributed by atoms with E-state index in [4.69, 9.17) is 0 Å². The monoisotopic (exact) mass is 270 g/mol. The maximum Gasteiger partial charge on any atom is 0.0512 e. The van der Waals surface area contributed by atoms with Gasteiger partial charge in [-0.25, -0.2) is 0 Å². The zero-order valence-corrected chi connectivity index (χ0v) is 13.4. The molecule has 0 fully saturated rings. The Labute approximate surface area is 123 Å². The van der Waals surface area contributed by atoms with Gasteiger partial charge in [-0.3, -0.25) is 0 Å². The highest BCUT2D eigenvalue weighted by atomic mass is 15.0. The fourth-order valence-corrected chi connectivity index (χ4v) is 2.66. The lowest BCUT2D eigenvalue weighted by molar-refractivity contribution is 0.413. The molecular formula is C18H26N2. The number of hydrogen-bond donors (Lipinski definition) is 0. The summed E-state index contributed by atoms with van der Waals surface area (Å²) in [7, 11) is 4.25. The molecule has 2 heteroatoms. The van der Waals surface area contributed by atoms with Crippen molar-refractivity contribution in [1.29, 1.82) is 0 Å². The third-order valence-corrected chi connectivity index (χ3v) is 3.97. The Morgan fingerprint density at radius 1 is 1.15 bits per heavy atom. The van der Waals surface area contributed by atoms with Gasteiger partial charge in [-0.2, -0.15) is 0 Å². The molecule has 1 aromatic carbocycles. The van der Waals surface area contributed by atoms with Crippen molar-refractivity contribution in [3.05, 3.63) is 47.2 Å². The van der Waals surface area contributed by atoms with Crippen LogP contribution in [0.25, 0.3) is 11.3 Å². The van der Waals surface area contributed by atoms with E-state index in [1.54, 1.807) is 0 Å². The van der Waals surface area contributed by atoms with Crippen molar-refractivity contribution < 1.29 is 0 Å². The van der Waals surface area contributed by atoms with Crippen LogP contribution in [0, 0.1) is 13.8 Å². The summed E-state index contributed by atoms with van der Waals surface area (Å²) >= 11 is 0. The summed E-state index contributed by atoms with van der Waals surface area (Å²) in [6, 6.07) is 8.99. The molecule has 1 heterocycles. The zero-order chi connectivity index (χ0) is 14.7. The van der Waals surface area contributed by atoms with Crippen molar-refractivity contribution in [2.75, 3.05) is 20.6 Å². The lowest BCUT2D eigenvalue weighted by atomic mass is 10.0. The van der Waals surface area contributed by atoms with E-state index < -0.39 is 0 Å². The molecule has 108 valence electrons. The summed E-state index contributed by atoms with van der Waals surface area (Å²) in [5.74, 6) is 0. The zero-order valence-electron chi connectivity index (χ0n) is 13.4. The Morgan fingerprint density at radius 2 is 1.90 bits per heavy atom. The van der Waals surface area contributed by atoms with Crippen LogP contribution in [-0.2, 0) is 13.0 Å². The quantitative estimate of drug-likeness (QED) is 0.800. The van der Waals surface area contributed by atoms with Crippen LogP contribution in [0.15, 0.2) is 30.5 Å². The molecule has 2 rings (SSSR count). The minimum atomic E-state index is 1.02. The average molecular weight is 270 g/mol. The maximum atomic E-state index is 2.36. The second kappa shape index (κ2) is 6.27. The molecule has 2 nitrogen and oxygen atoms in total. The summed E-state index contributed by atoms with van der Waals surface area (Å²) in [5.41, 5.74) is 6.90. The minimum absolute atomic E-state index is 1.02. The Bertz CT molecular complexity index is 579. The lowest BCUT2D eigenvalue weighted by Crippen LogP contribution is -2.15. The largest absolute Gasteiger partial charge is 0.347 e. The third kappa shape index (κ3) is 3.13. The number of rotatable bonds is 5. The smallest absolute Gasteiger partial charge is 0.0512 e. The fourth-order valence-electron chi connectivity index (χ4n) is 2.66. The standard InChI is InChI=1S/C18H26N2/c1-6-20-13-14(2)15(3)18(20)17-9-7-8-16(12-17)10-11-19(4)5/h7-9,12-13H,6,10-11H2,1-5H3. The first-order chi connectivity index (χ1) is 9.52. The number of aryl methyl sites for hydroxylation is 2. The number of benzene rings is 1. The highest BCUT2D eigenvalue weighted by Gasteiger charge is 2.11. The Balaban J connectivity index is 2.36. The van der Waals surface area contributed by atoms with E-state index in [0.29, 0.717) is 0 Å². The maximum absolute atomic E-state index is 2.36. The number of hydrogen-bond acceptors (Lipinski definition) is 1. The summed E-state index contributed by atoms with van der Waals surface area (Å²) in [6.45, 7) is 8.74. The van der Waals surface area contributed by atoms with E-state index >= 15 is 0 Å². The van der Waals surface area contributed by atoms with Crippen LogP contribution in [0.4, 0.5) is 0 Å². The van der Waals surface area contributed by atoms with Crippen molar-refractivity contribution in [2.45, 2.75) is 33.7 Å². The molecule has 0 unspecified atom stereocenters. The molecule has 0 amide bonds. The molecule has 0 aliphatic heterocycles. The van der Waals surface area contributed by atoms with Crippen molar-refractivity contribution >= 4 is 0 Å². The lowest BCUT2D eigenvalue weighted by Gasteiger charge is -2.12. The normalized spacial score (nSPS) is 11.3. The predicted molar refractivity (Wildman–Crippen MR) is 87.3 cm³/mol. The molecule has 0 atom stereocenters. The van der Waals surface area contributed by atoms with Crippen molar-refractivity contribution in [3.8, 4) is 11.3 Å². The van der Waals surface area contributed by atoms with Gasteiger partial charge in [-0.15, -0.1) is 0 Å². The van der Waals surface area contributed by atoms with Gasteiger partial charge in [0.25, 0.3) is 0 Å². The Kier molecular flexibility index (Phi) is 4.66. The molecule has 20 heavy (non-hydrogen) atoms. The van der Waals surface area contributed by atoms with Crippen LogP contribution in [0.3, 0.4) is 0 Å². The van der Waals surface area contributed by atoms with Crippen LogP contribution in [0.2, 0.25) is 0 Å². The van der Waals surface area contributed by atoms with E-state index in [2.05, 4.69) is 74.8 Å². The summed E-state index contributed by atoms with van der Waals surface area (Å²) < 4.78 is 2.36. The Hall–Kier alpha value is -1.54. The Morgan fingerprint density at radius 3 is 2.55 bits per heavy atom. The van der Waals surface area contributed by atoms with Crippen LogP contribution < -0.4 is 0 Å². The summed E-state index contributed by atoms with van der Waals surface area (Å²) in [5, 5.41) is 0. The molecule has 0 N–H and O–H groups in total. The van der Waals surface area contributed by atoms with Crippen molar-refractivity contribution in [2.24, 2.45) is 0 Å². The van der Waals surface area contributed by atoms with E-state index in [0.717, 1.165) is 19.5 Å². The van der Waals surface area contributed by atoms with Gasteiger partial charge in [0.15, 0.2) is 0 Å². The van der Waals surface area contributed by atoms with Gasteiger partial charge in [-0.05, 0) is 69.6 Å². The minimum Gasteiger partial charge on any atom is -0.347 e. The van der Waals surface area contributed by atoms with E-state index in [1.807, 2.05) is 0 Å². The molecule has 0 saturated heterocycles. The van der Waals surface area contributed by atoms with Gasteiger partial charge in [0.05, 0.1) is 5.69 Å². The second-order valence-corrected chi connectivity index (χ2v) is 5.83. The van der Waals surface area contributed by atoms with Crippen molar-refractivity contribution in [3.63, 3.8) is 0 Å². The van der Waals surface area contributed by atoms with E-state index in [9.17, 15) is 0 Å². The van der Waals surface area contributed by atoms with Gasteiger partial charge in [0.1, 0.15) is 0 Å². The van der Waals surface area contributed by atoms with Gasteiger partial charge in [0.2, 0.25) is 0 Å². The summed E-state index contributed by atoms with van der Waals surface area (Å²) in [4.78, 5) is 2.23. The number of aromatic nitrogens is 1.